The second-order valence-electron chi connectivity index (χ2n) is 7.36. The van der Waals surface area contributed by atoms with Gasteiger partial charge in [-0.25, -0.2) is 4.79 Å². The van der Waals surface area contributed by atoms with Crippen molar-refractivity contribution in [3.63, 3.8) is 0 Å². The minimum Gasteiger partial charge on any atom is -0.481 e. The number of carboxylic acids is 1. The van der Waals surface area contributed by atoms with Crippen LogP contribution in [0.1, 0.15) is 49.2 Å². The lowest BCUT2D eigenvalue weighted by Crippen LogP contribution is -2.30. The monoisotopic (exact) mass is 355 g/mol. The Labute approximate surface area is 154 Å². The summed E-state index contributed by atoms with van der Waals surface area (Å²) in [6.45, 7) is 9.85. The Morgan fingerprint density at radius 1 is 1.08 bits per heavy atom. The summed E-state index contributed by atoms with van der Waals surface area (Å²) in [5.41, 5.74) is 2.60. The molecule has 2 rings (SSSR count). The molecule has 5 nitrogen and oxygen atoms in total. The number of aromatic carboxylic acids is 1. The van der Waals surface area contributed by atoms with Crippen LogP contribution in [0.15, 0.2) is 42.5 Å². The van der Waals surface area contributed by atoms with E-state index >= 15 is 0 Å². The van der Waals surface area contributed by atoms with Gasteiger partial charge < -0.3 is 15.2 Å². The van der Waals surface area contributed by atoms with Crippen LogP contribution < -0.4 is 10.1 Å². The van der Waals surface area contributed by atoms with Gasteiger partial charge in [0.05, 0.1) is 5.56 Å². The Morgan fingerprint density at radius 2 is 1.69 bits per heavy atom. The average molecular weight is 355 g/mol. The SMILES string of the molecule is Cc1ccc(C(=O)O)cc1NC(=O)[C@@H](C)Oc1ccc(C(C)(C)C)cc1. The van der Waals surface area contributed by atoms with Gasteiger partial charge in [0.15, 0.2) is 6.10 Å². The molecule has 0 bridgehead atoms. The fourth-order valence-electron chi connectivity index (χ4n) is 2.42. The van der Waals surface area contributed by atoms with Crippen molar-refractivity contribution in [1.82, 2.24) is 0 Å². The van der Waals surface area contributed by atoms with Crippen LogP contribution in [-0.4, -0.2) is 23.1 Å². The van der Waals surface area contributed by atoms with Crippen LogP contribution in [0.2, 0.25) is 0 Å². The van der Waals surface area contributed by atoms with Gasteiger partial charge >= 0.3 is 5.97 Å². The fourth-order valence-corrected chi connectivity index (χ4v) is 2.42. The van der Waals surface area contributed by atoms with Crippen LogP contribution in [-0.2, 0) is 10.2 Å². The molecule has 0 aliphatic rings. The van der Waals surface area contributed by atoms with Crippen LogP contribution in [0.3, 0.4) is 0 Å². The van der Waals surface area contributed by atoms with Gasteiger partial charge in [0, 0.05) is 5.69 Å². The molecule has 0 heterocycles. The molecule has 0 spiro atoms. The zero-order valence-corrected chi connectivity index (χ0v) is 15.8. The quantitative estimate of drug-likeness (QED) is 0.834. The lowest BCUT2D eigenvalue weighted by atomic mass is 9.87. The molecule has 0 saturated heterocycles. The number of amides is 1. The molecule has 26 heavy (non-hydrogen) atoms. The van der Waals surface area contributed by atoms with Crippen LogP contribution in [0.25, 0.3) is 0 Å². The highest BCUT2D eigenvalue weighted by Gasteiger charge is 2.18. The maximum Gasteiger partial charge on any atom is 0.335 e. The molecule has 0 fully saturated rings. The molecule has 2 aromatic carbocycles. The van der Waals surface area contributed by atoms with E-state index in [1.807, 2.05) is 24.3 Å². The van der Waals surface area contributed by atoms with Crippen LogP contribution in [0.5, 0.6) is 5.75 Å². The van der Waals surface area contributed by atoms with Crippen molar-refractivity contribution in [3.8, 4) is 5.75 Å². The molecule has 2 N–H and O–H groups in total. The van der Waals surface area contributed by atoms with Crippen LogP contribution in [0, 0.1) is 6.92 Å². The fraction of sp³-hybridized carbons (Fsp3) is 0.333. The molecule has 0 radical (unpaired) electrons. The number of carboxylic acid groups (broad SMARTS) is 1. The number of carbonyl (C=O) groups is 2. The summed E-state index contributed by atoms with van der Waals surface area (Å²) in [7, 11) is 0. The van der Waals surface area contributed by atoms with E-state index in [1.54, 1.807) is 19.9 Å². The minimum absolute atomic E-state index is 0.0498. The topological polar surface area (TPSA) is 75.6 Å². The highest BCUT2D eigenvalue weighted by Crippen LogP contribution is 2.25. The summed E-state index contributed by atoms with van der Waals surface area (Å²) in [4.78, 5) is 23.5. The van der Waals surface area contributed by atoms with E-state index in [1.165, 1.54) is 17.7 Å². The Morgan fingerprint density at radius 3 is 2.23 bits per heavy atom. The lowest BCUT2D eigenvalue weighted by Gasteiger charge is -2.20. The van der Waals surface area contributed by atoms with E-state index in [-0.39, 0.29) is 16.9 Å². The van der Waals surface area contributed by atoms with E-state index in [4.69, 9.17) is 9.84 Å². The number of hydrogen-bond acceptors (Lipinski definition) is 3. The normalized spacial score (nSPS) is 12.3. The van der Waals surface area contributed by atoms with Crippen LogP contribution >= 0.6 is 0 Å². The van der Waals surface area contributed by atoms with E-state index < -0.39 is 12.1 Å². The number of nitrogens with one attached hydrogen (secondary N) is 1. The summed E-state index contributed by atoms with van der Waals surface area (Å²) < 4.78 is 5.71. The Bertz CT molecular complexity index is 804. The number of carbonyl (C=O) groups excluding carboxylic acids is 1. The molecular formula is C21H25NO4. The van der Waals surface area contributed by atoms with Crippen molar-refractivity contribution in [2.75, 3.05) is 5.32 Å². The number of aryl methyl sites for hydroxylation is 1. The smallest absolute Gasteiger partial charge is 0.335 e. The number of rotatable bonds is 5. The molecule has 0 saturated carbocycles. The third kappa shape index (κ3) is 4.85. The standard InChI is InChI=1S/C21H25NO4/c1-13-6-7-15(20(24)25)12-18(13)22-19(23)14(2)26-17-10-8-16(9-11-17)21(3,4)5/h6-12,14H,1-5H3,(H,22,23)(H,24,25)/t14-/m1/s1. The zero-order chi connectivity index (χ0) is 19.5. The van der Waals surface area contributed by atoms with E-state index in [0.29, 0.717) is 11.4 Å². The molecule has 1 atom stereocenters. The Kier molecular flexibility index (Phi) is 5.70. The molecule has 0 unspecified atom stereocenters. The van der Waals surface area contributed by atoms with Crippen molar-refractivity contribution in [2.24, 2.45) is 0 Å². The molecule has 5 heteroatoms. The summed E-state index contributed by atoms with van der Waals surface area (Å²) in [6.07, 6.45) is -0.719. The molecule has 0 aliphatic heterocycles. The second-order valence-corrected chi connectivity index (χ2v) is 7.36. The van der Waals surface area contributed by atoms with E-state index in [0.717, 1.165) is 5.56 Å². The third-order valence-corrected chi connectivity index (χ3v) is 4.14. The average Bonchev–Trinajstić information content (AvgIpc) is 2.56. The number of hydrogen-bond donors (Lipinski definition) is 2. The molecule has 138 valence electrons. The molecule has 2 aromatic rings. The van der Waals surface area contributed by atoms with Crippen molar-refractivity contribution < 1.29 is 19.4 Å². The van der Waals surface area contributed by atoms with Crippen LogP contribution in [0.4, 0.5) is 5.69 Å². The molecule has 0 aliphatic carbocycles. The first kappa shape index (κ1) is 19.5. The molecule has 0 aromatic heterocycles. The summed E-state index contributed by atoms with van der Waals surface area (Å²) in [5, 5.41) is 11.8. The van der Waals surface area contributed by atoms with Gasteiger partial charge in [-0.05, 0) is 54.7 Å². The first-order valence-electron chi connectivity index (χ1n) is 8.50. The van der Waals surface area contributed by atoms with Crippen molar-refractivity contribution in [2.45, 2.75) is 46.1 Å². The second kappa shape index (κ2) is 7.60. The Balaban J connectivity index is 2.06. The first-order chi connectivity index (χ1) is 12.1. The first-order valence-corrected chi connectivity index (χ1v) is 8.50. The van der Waals surface area contributed by atoms with E-state index in [2.05, 4.69) is 26.1 Å². The van der Waals surface area contributed by atoms with Gasteiger partial charge in [0.1, 0.15) is 5.75 Å². The number of ether oxygens (including phenoxy) is 1. The zero-order valence-electron chi connectivity index (χ0n) is 15.8. The Hall–Kier alpha value is -2.82. The molecule has 1 amide bonds. The predicted octanol–water partition coefficient (Wildman–Crippen LogP) is 4.40. The van der Waals surface area contributed by atoms with Crippen molar-refractivity contribution in [1.29, 1.82) is 0 Å². The van der Waals surface area contributed by atoms with Gasteiger partial charge in [-0.3, -0.25) is 4.79 Å². The maximum atomic E-state index is 12.4. The summed E-state index contributed by atoms with van der Waals surface area (Å²) in [5.74, 6) is -0.768. The highest BCUT2D eigenvalue weighted by molar-refractivity contribution is 5.96. The lowest BCUT2D eigenvalue weighted by molar-refractivity contribution is -0.122. The van der Waals surface area contributed by atoms with Crippen molar-refractivity contribution in [3.05, 3.63) is 59.2 Å². The maximum absolute atomic E-state index is 12.4. The summed E-state index contributed by atoms with van der Waals surface area (Å²) >= 11 is 0. The van der Waals surface area contributed by atoms with Gasteiger partial charge in [-0.2, -0.15) is 0 Å². The highest BCUT2D eigenvalue weighted by atomic mass is 16.5. The van der Waals surface area contributed by atoms with Gasteiger partial charge in [-0.15, -0.1) is 0 Å². The predicted molar refractivity (Wildman–Crippen MR) is 102 cm³/mol. The van der Waals surface area contributed by atoms with Crippen molar-refractivity contribution >= 4 is 17.6 Å². The number of benzene rings is 2. The minimum atomic E-state index is -1.04. The van der Waals surface area contributed by atoms with E-state index in [9.17, 15) is 9.59 Å². The van der Waals surface area contributed by atoms with Gasteiger partial charge in [0.2, 0.25) is 0 Å². The summed E-state index contributed by atoms with van der Waals surface area (Å²) in [6, 6.07) is 12.3. The largest absolute Gasteiger partial charge is 0.481 e. The third-order valence-electron chi connectivity index (χ3n) is 4.14. The van der Waals surface area contributed by atoms with Gasteiger partial charge in [0.25, 0.3) is 5.91 Å². The van der Waals surface area contributed by atoms with Gasteiger partial charge in [-0.1, -0.05) is 39.0 Å². The molecular weight excluding hydrogens is 330 g/mol. The number of anilines is 1.